The Balaban J connectivity index is 1.90. The van der Waals surface area contributed by atoms with Crippen LogP contribution in [0.4, 0.5) is 0 Å². The summed E-state index contributed by atoms with van der Waals surface area (Å²) in [5, 5.41) is 12.2. The number of carboxylic acid groups (broad SMARTS) is 1. The molecule has 0 bridgehead atoms. The molecule has 2 rings (SSSR count). The van der Waals surface area contributed by atoms with Gasteiger partial charge >= 0.3 is 5.97 Å². The van der Waals surface area contributed by atoms with Crippen LogP contribution in [0.3, 0.4) is 0 Å². The highest BCUT2D eigenvalue weighted by atomic mass is 16.5. The minimum Gasteiger partial charge on any atom is -0.484 e. The highest BCUT2D eigenvalue weighted by Gasteiger charge is 2.43. The number of carbonyl (C=O) groups excluding carboxylic acids is 1. The molecule has 1 amide bonds. The molecule has 1 saturated carbocycles. The molecule has 2 N–H and O–H groups in total. The van der Waals surface area contributed by atoms with Gasteiger partial charge in [-0.15, -0.1) is 0 Å². The molecule has 2 unspecified atom stereocenters. The van der Waals surface area contributed by atoms with E-state index in [1.165, 1.54) is 0 Å². The molecular formula is C16H21NO4. The largest absolute Gasteiger partial charge is 0.484 e. The molecule has 0 aromatic heterocycles. The maximum atomic E-state index is 12.0. The molecule has 0 spiro atoms. The van der Waals surface area contributed by atoms with Crippen LogP contribution in [0, 0.1) is 5.41 Å². The van der Waals surface area contributed by atoms with E-state index in [0.29, 0.717) is 18.6 Å². The molecule has 0 radical (unpaired) electrons. The van der Waals surface area contributed by atoms with Crippen LogP contribution in [0.15, 0.2) is 30.3 Å². The lowest BCUT2D eigenvalue weighted by Crippen LogP contribution is -2.53. The van der Waals surface area contributed by atoms with Crippen molar-refractivity contribution in [1.82, 2.24) is 5.32 Å². The molecule has 5 heteroatoms. The number of rotatable bonds is 5. The maximum absolute atomic E-state index is 12.0. The number of hydrogen-bond acceptors (Lipinski definition) is 3. The van der Waals surface area contributed by atoms with Gasteiger partial charge in [0.15, 0.2) is 6.61 Å². The summed E-state index contributed by atoms with van der Waals surface area (Å²) < 4.78 is 5.38. The third-order valence-corrected chi connectivity index (χ3v) is 4.14. The van der Waals surface area contributed by atoms with Crippen molar-refractivity contribution in [2.45, 2.75) is 38.6 Å². The summed E-state index contributed by atoms with van der Waals surface area (Å²) >= 11 is 0. The van der Waals surface area contributed by atoms with E-state index in [4.69, 9.17) is 4.74 Å². The molecule has 0 heterocycles. The van der Waals surface area contributed by atoms with E-state index >= 15 is 0 Å². The van der Waals surface area contributed by atoms with E-state index in [1.807, 2.05) is 18.2 Å². The molecule has 1 aromatic rings. The van der Waals surface area contributed by atoms with Gasteiger partial charge in [0, 0.05) is 6.04 Å². The summed E-state index contributed by atoms with van der Waals surface area (Å²) in [5.74, 6) is -0.507. The summed E-state index contributed by atoms with van der Waals surface area (Å²) in [7, 11) is 0. The van der Waals surface area contributed by atoms with Crippen LogP contribution in [0.2, 0.25) is 0 Å². The molecule has 0 saturated heterocycles. The lowest BCUT2D eigenvalue weighted by molar-refractivity contribution is -0.152. The second-order valence-corrected chi connectivity index (χ2v) is 5.69. The molecule has 1 aromatic carbocycles. The third kappa shape index (κ3) is 3.74. The van der Waals surface area contributed by atoms with Crippen molar-refractivity contribution in [3.05, 3.63) is 30.3 Å². The van der Waals surface area contributed by atoms with Crippen LogP contribution in [0.1, 0.15) is 32.6 Å². The Morgan fingerprint density at radius 3 is 2.71 bits per heavy atom. The maximum Gasteiger partial charge on any atom is 0.311 e. The standard InChI is InChI=1S/C16H21NO4/c1-16(15(19)20)10-6-5-9-13(16)17-14(18)11-21-12-7-3-2-4-8-12/h2-4,7-8,13H,5-6,9-11H2,1H3,(H,17,18)(H,19,20). The van der Waals surface area contributed by atoms with Gasteiger partial charge in [0.25, 0.3) is 5.91 Å². The second kappa shape index (κ2) is 6.61. The topological polar surface area (TPSA) is 75.6 Å². The lowest BCUT2D eigenvalue weighted by Gasteiger charge is -2.38. The number of carbonyl (C=O) groups is 2. The summed E-state index contributed by atoms with van der Waals surface area (Å²) in [6.07, 6.45) is 3.11. The number of carboxylic acids is 1. The molecule has 1 aliphatic carbocycles. The zero-order valence-corrected chi connectivity index (χ0v) is 12.2. The van der Waals surface area contributed by atoms with Crippen LogP contribution < -0.4 is 10.1 Å². The predicted molar refractivity (Wildman–Crippen MR) is 78.1 cm³/mol. The van der Waals surface area contributed by atoms with E-state index in [1.54, 1.807) is 19.1 Å². The zero-order chi connectivity index (χ0) is 15.3. The van der Waals surface area contributed by atoms with Crippen LogP contribution >= 0.6 is 0 Å². The average Bonchev–Trinajstić information content (AvgIpc) is 2.48. The number of hydrogen-bond donors (Lipinski definition) is 2. The molecule has 1 fully saturated rings. The minimum atomic E-state index is -0.888. The van der Waals surface area contributed by atoms with Gasteiger partial charge in [0.1, 0.15) is 5.75 Å². The quantitative estimate of drug-likeness (QED) is 0.872. The van der Waals surface area contributed by atoms with Crippen molar-refractivity contribution >= 4 is 11.9 Å². The number of amides is 1. The predicted octanol–water partition coefficient (Wildman–Crippen LogP) is 2.22. The van der Waals surface area contributed by atoms with Crippen molar-refractivity contribution in [3.8, 4) is 5.75 Å². The second-order valence-electron chi connectivity index (χ2n) is 5.69. The van der Waals surface area contributed by atoms with Gasteiger partial charge in [-0.05, 0) is 31.9 Å². The molecule has 21 heavy (non-hydrogen) atoms. The fourth-order valence-corrected chi connectivity index (χ4v) is 2.72. The summed E-state index contributed by atoms with van der Waals surface area (Å²) in [6.45, 7) is 1.60. The van der Waals surface area contributed by atoms with E-state index in [9.17, 15) is 14.7 Å². The van der Waals surface area contributed by atoms with Gasteiger partial charge in [0.2, 0.25) is 0 Å². The molecule has 5 nitrogen and oxygen atoms in total. The van der Waals surface area contributed by atoms with Crippen LogP contribution in [0.25, 0.3) is 0 Å². The number of aliphatic carboxylic acids is 1. The Hall–Kier alpha value is -2.04. The smallest absolute Gasteiger partial charge is 0.311 e. The van der Waals surface area contributed by atoms with Crippen LogP contribution in [-0.2, 0) is 9.59 Å². The first-order chi connectivity index (χ1) is 10.0. The molecule has 2 atom stereocenters. The monoisotopic (exact) mass is 291 g/mol. The lowest BCUT2D eigenvalue weighted by atomic mass is 9.71. The Kier molecular flexibility index (Phi) is 4.83. The van der Waals surface area contributed by atoms with Gasteiger partial charge in [-0.3, -0.25) is 9.59 Å². The van der Waals surface area contributed by atoms with Crippen molar-refractivity contribution in [1.29, 1.82) is 0 Å². The summed E-state index contributed by atoms with van der Waals surface area (Å²) in [4.78, 5) is 23.4. The fourth-order valence-electron chi connectivity index (χ4n) is 2.72. The van der Waals surface area contributed by atoms with E-state index in [-0.39, 0.29) is 18.6 Å². The van der Waals surface area contributed by atoms with E-state index in [0.717, 1.165) is 12.8 Å². The highest BCUT2D eigenvalue weighted by molar-refractivity contribution is 5.80. The van der Waals surface area contributed by atoms with Crippen molar-refractivity contribution < 1.29 is 19.4 Å². The number of ether oxygens (including phenoxy) is 1. The number of benzene rings is 1. The normalized spacial score (nSPS) is 25.1. The molecule has 114 valence electrons. The van der Waals surface area contributed by atoms with Gasteiger partial charge in [-0.25, -0.2) is 0 Å². The van der Waals surface area contributed by atoms with Gasteiger partial charge in [0.05, 0.1) is 5.41 Å². The van der Waals surface area contributed by atoms with Crippen molar-refractivity contribution in [2.24, 2.45) is 5.41 Å². The molecule has 1 aliphatic rings. The van der Waals surface area contributed by atoms with Gasteiger partial charge in [-0.2, -0.15) is 0 Å². The number of para-hydroxylation sites is 1. The van der Waals surface area contributed by atoms with E-state index < -0.39 is 11.4 Å². The van der Waals surface area contributed by atoms with Crippen LogP contribution in [0.5, 0.6) is 5.75 Å². The Morgan fingerprint density at radius 1 is 1.33 bits per heavy atom. The van der Waals surface area contributed by atoms with Crippen LogP contribution in [-0.4, -0.2) is 29.6 Å². The minimum absolute atomic E-state index is 0.101. The molecule has 0 aliphatic heterocycles. The zero-order valence-electron chi connectivity index (χ0n) is 12.2. The first kappa shape index (κ1) is 15.4. The molecular weight excluding hydrogens is 270 g/mol. The van der Waals surface area contributed by atoms with Gasteiger partial charge in [-0.1, -0.05) is 31.0 Å². The summed E-state index contributed by atoms with van der Waals surface area (Å²) in [6, 6.07) is 8.74. The fraction of sp³-hybridized carbons (Fsp3) is 0.500. The SMILES string of the molecule is CC1(C(=O)O)CCCCC1NC(=O)COc1ccccc1. The van der Waals surface area contributed by atoms with Crippen molar-refractivity contribution in [3.63, 3.8) is 0 Å². The van der Waals surface area contributed by atoms with Gasteiger partial charge < -0.3 is 15.2 Å². The summed E-state index contributed by atoms with van der Waals surface area (Å²) in [5.41, 5.74) is -0.888. The third-order valence-electron chi connectivity index (χ3n) is 4.14. The number of nitrogens with one attached hydrogen (secondary N) is 1. The highest BCUT2D eigenvalue weighted by Crippen LogP contribution is 2.36. The average molecular weight is 291 g/mol. The van der Waals surface area contributed by atoms with E-state index in [2.05, 4.69) is 5.32 Å². The Morgan fingerprint density at radius 2 is 2.05 bits per heavy atom. The Labute approximate surface area is 124 Å². The first-order valence-corrected chi connectivity index (χ1v) is 7.23. The Bertz CT molecular complexity index is 502. The first-order valence-electron chi connectivity index (χ1n) is 7.23. The van der Waals surface area contributed by atoms with Crippen molar-refractivity contribution in [2.75, 3.05) is 6.61 Å².